The van der Waals surface area contributed by atoms with Crippen LogP contribution in [0.5, 0.6) is 0 Å². The molecule has 0 fully saturated rings. The van der Waals surface area contributed by atoms with Gasteiger partial charge in [0.05, 0.1) is 6.04 Å². The Hall–Kier alpha value is -1.98. The second-order valence-electron chi connectivity index (χ2n) is 6.96. The second-order valence-corrected chi connectivity index (χ2v) is 6.96. The number of carbonyl (C=O) groups is 2. The average molecular weight is 340 g/mol. The summed E-state index contributed by atoms with van der Waals surface area (Å²) < 4.78 is 26.3. The molecular weight excluding hydrogens is 314 g/mol. The highest BCUT2D eigenvalue weighted by atomic mass is 19.2. The Morgan fingerprint density at radius 2 is 1.83 bits per heavy atom. The van der Waals surface area contributed by atoms with Gasteiger partial charge >= 0.3 is 0 Å². The third kappa shape index (κ3) is 5.58. The number of benzene rings is 1. The smallest absolute Gasteiger partial charge is 0.225 e. The van der Waals surface area contributed by atoms with Crippen LogP contribution in [0, 0.1) is 17.0 Å². The van der Waals surface area contributed by atoms with E-state index < -0.39 is 17.0 Å². The summed E-state index contributed by atoms with van der Waals surface area (Å²) >= 11 is 0. The minimum atomic E-state index is -0.926. The monoisotopic (exact) mass is 340 g/mol. The Bertz CT molecular complexity index is 597. The summed E-state index contributed by atoms with van der Waals surface area (Å²) in [6.45, 7) is 7.65. The summed E-state index contributed by atoms with van der Waals surface area (Å²) in [4.78, 5) is 25.4. The van der Waals surface area contributed by atoms with E-state index in [9.17, 15) is 18.4 Å². The second kappa shape index (κ2) is 8.22. The predicted molar refractivity (Wildman–Crippen MR) is 89.2 cm³/mol. The lowest BCUT2D eigenvalue weighted by atomic mass is 9.96. The van der Waals surface area contributed by atoms with Crippen molar-refractivity contribution in [2.75, 3.05) is 13.6 Å². The molecule has 2 amide bonds. The van der Waals surface area contributed by atoms with Crippen LogP contribution in [-0.2, 0) is 9.59 Å². The highest BCUT2D eigenvalue weighted by molar-refractivity contribution is 5.81. The van der Waals surface area contributed by atoms with Crippen LogP contribution in [0.4, 0.5) is 8.78 Å². The molecule has 1 aromatic carbocycles. The van der Waals surface area contributed by atoms with E-state index in [4.69, 9.17) is 0 Å². The fraction of sp³-hybridized carbons (Fsp3) is 0.556. The van der Waals surface area contributed by atoms with Gasteiger partial charge in [-0.2, -0.15) is 0 Å². The normalized spacial score (nSPS) is 12.6. The number of hydrogen-bond acceptors (Lipinski definition) is 2. The van der Waals surface area contributed by atoms with Gasteiger partial charge in [0, 0.05) is 25.4 Å². The number of halogens is 2. The van der Waals surface area contributed by atoms with Gasteiger partial charge in [-0.15, -0.1) is 0 Å². The lowest BCUT2D eigenvalue weighted by Gasteiger charge is -2.25. The molecule has 4 nitrogen and oxygen atoms in total. The van der Waals surface area contributed by atoms with E-state index in [1.54, 1.807) is 14.0 Å². The molecule has 0 aromatic heterocycles. The number of rotatable bonds is 6. The van der Waals surface area contributed by atoms with Gasteiger partial charge in [-0.1, -0.05) is 26.8 Å². The maximum atomic E-state index is 13.3. The summed E-state index contributed by atoms with van der Waals surface area (Å²) in [6.07, 6.45) is 0.796. The summed E-state index contributed by atoms with van der Waals surface area (Å²) in [7, 11) is 1.63. The first-order valence-electron chi connectivity index (χ1n) is 8.03. The van der Waals surface area contributed by atoms with Gasteiger partial charge in [0.1, 0.15) is 0 Å². The zero-order chi connectivity index (χ0) is 18.5. The standard InChI is InChI=1S/C18H26F2N2O2/c1-12(13-8-9-14(19)15(20)11-13)22(5)16(23)7-6-10-21-17(24)18(2,3)4/h8-9,11-12H,6-7,10H2,1-5H3,(H,21,24). The van der Waals surface area contributed by atoms with Crippen molar-refractivity contribution < 1.29 is 18.4 Å². The zero-order valence-electron chi connectivity index (χ0n) is 15.0. The van der Waals surface area contributed by atoms with Gasteiger partial charge in [-0.25, -0.2) is 8.78 Å². The Balaban J connectivity index is 2.49. The van der Waals surface area contributed by atoms with Crippen molar-refractivity contribution in [1.82, 2.24) is 10.2 Å². The minimum Gasteiger partial charge on any atom is -0.356 e. The minimum absolute atomic E-state index is 0.0570. The van der Waals surface area contributed by atoms with Gasteiger partial charge in [0.2, 0.25) is 11.8 Å². The van der Waals surface area contributed by atoms with Crippen LogP contribution in [0.3, 0.4) is 0 Å². The number of nitrogens with one attached hydrogen (secondary N) is 1. The maximum Gasteiger partial charge on any atom is 0.225 e. The maximum absolute atomic E-state index is 13.3. The molecule has 24 heavy (non-hydrogen) atoms. The molecule has 6 heteroatoms. The molecule has 1 aromatic rings. The van der Waals surface area contributed by atoms with Crippen molar-refractivity contribution in [2.45, 2.75) is 46.6 Å². The molecule has 0 heterocycles. The highest BCUT2D eigenvalue weighted by Gasteiger charge is 2.21. The molecule has 1 atom stereocenters. The topological polar surface area (TPSA) is 49.4 Å². The molecule has 1 unspecified atom stereocenters. The molecule has 134 valence electrons. The predicted octanol–water partition coefficient (Wildman–Crippen LogP) is 3.43. The molecule has 0 aliphatic heterocycles. The van der Waals surface area contributed by atoms with Gasteiger partial charge in [0.15, 0.2) is 11.6 Å². The largest absolute Gasteiger partial charge is 0.356 e. The van der Waals surface area contributed by atoms with Crippen molar-refractivity contribution >= 4 is 11.8 Å². The Kier molecular flexibility index (Phi) is 6.87. The number of hydrogen-bond donors (Lipinski definition) is 1. The van der Waals surface area contributed by atoms with E-state index >= 15 is 0 Å². The van der Waals surface area contributed by atoms with E-state index in [-0.39, 0.29) is 24.3 Å². The Labute approximate surface area is 142 Å². The first-order chi connectivity index (χ1) is 11.0. The number of amides is 2. The lowest BCUT2D eigenvalue weighted by molar-refractivity contribution is -0.132. The van der Waals surface area contributed by atoms with Gasteiger partial charge in [-0.3, -0.25) is 9.59 Å². The quantitative estimate of drug-likeness (QED) is 0.807. The molecule has 0 radical (unpaired) electrons. The molecule has 0 aliphatic rings. The number of nitrogens with zero attached hydrogens (tertiary/aromatic N) is 1. The van der Waals surface area contributed by atoms with Crippen LogP contribution in [-0.4, -0.2) is 30.3 Å². The van der Waals surface area contributed by atoms with Crippen LogP contribution >= 0.6 is 0 Å². The molecule has 0 spiro atoms. The summed E-state index contributed by atoms with van der Waals surface area (Å²) in [5.41, 5.74) is 0.0768. The van der Waals surface area contributed by atoms with E-state index in [1.165, 1.54) is 11.0 Å². The third-order valence-corrected chi connectivity index (χ3v) is 3.93. The Morgan fingerprint density at radius 3 is 2.38 bits per heavy atom. The van der Waals surface area contributed by atoms with E-state index in [0.29, 0.717) is 18.5 Å². The van der Waals surface area contributed by atoms with Crippen molar-refractivity contribution in [2.24, 2.45) is 5.41 Å². The highest BCUT2D eigenvalue weighted by Crippen LogP contribution is 2.21. The molecular formula is C18H26F2N2O2. The fourth-order valence-corrected chi connectivity index (χ4v) is 2.09. The van der Waals surface area contributed by atoms with E-state index in [1.807, 2.05) is 20.8 Å². The third-order valence-electron chi connectivity index (χ3n) is 3.93. The molecule has 0 aliphatic carbocycles. The van der Waals surface area contributed by atoms with E-state index in [2.05, 4.69) is 5.32 Å². The average Bonchev–Trinajstić information content (AvgIpc) is 2.51. The Morgan fingerprint density at radius 1 is 1.21 bits per heavy atom. The molecule has 0 saturated heterocycles. The van der Waals surface area contributed by atoms with Gasteiger partial charge in [-0.05, 0) is 31.0 Å². The SMILES string of the molecule is CC(c1ccc(F)c(F)c1)N(C)C(=O)CCCNC(=O)C(C)(C)C. The van der Waals surface area contributed by atoms with Crippen LogP contribution in [0.2, 0.25) is 0 Å². The summed E-state index contributed by atoms with van der Waals surface area (Å²) in [6, 6.07) is 3.27. The zero-order valence-corrected chi connectivity index (χ0v) is 15.0. The van der Waals surface area contributed by atoms with E-state index in [0.717, 1.165) is 12.1 Å². The van der Waals surface area contributed by atoms with Crippen molar-refractivity contribution in [3.63, 3.8) is 0 Å². The van der Waals surface area contributed by atoms with Crippen LogP contribution in [0.1, 0.15) is 52.1 Å². The molecule has 0 saturated carbocycles. The fourth-order valence-electron chi connectivity index (χ4n) is 2.09. The van der Waals surface area contributed by atoms with Crippen LogP contribution in [0.25, 0.3) is 0 Å². The van der Waals surface area contributed by atoms with Crippen LogP contribution in [0.15, 0.2) is 18.2 Å². The van der Waals surface area contributed by atoms with Gasteiger partial charge in [0.25, 0.3) is 0 Å². The molecule has 0 bridgehead atoms. The lowest BCUT2D eigenvalue weighted by Crippen LogP contribution is -2.36. The van der Waals surface area contributed by atoms with Gasteiger partial charge < -0.3 is 10.2 Å². The van der Waals surface area contributed by atoms with Crippen molar-refractivity contribution in [1.29, 1.82) is 0 Å². The summed E-state index contributed by atoms with van der Waals surface area (Å²) in [5, 5.41) is 2.79. The molecule has 1 rings (SSSR count). The molecule has 1 N–H and O–H groups in total. The van der Waals surface area contributed by atoms with Crippen LogP contribution < -0.4 is 5.32 Å². The van der Waals surface area contributed by atoms with Crippen molar-refractivity contribution in [3.8, 4) is 0 Å². The first kappa shape index (κ1) is 20.1. The summed E-state index contributed by atoms with van der Waals surface area (Å²) in [5.74, 6) is -2.00. The van der Waals surface area contributed by atoms with Crippen molar-refractivity contribution in [3.05, 3.63) is 35.4 Å². The number of carbonyl (C=O) groups excluding carboxylic acids is 2. The first-order valence-corrected chi connectivity index (χ1v) is 8.03.